The molecule has 2 unspecified atom stereocenters. The standard InChI is InChI=1S/C18H30N2/c1-4-6-14-20(3)17-13-9-11-15-10-7-8-12-16(15)18(17)19-5-2/h7-8,10,12,17-19H,4-6,9,11,13-14H2,1-3H3. The second-order valence-electron chi connectivity index (χ2n) is 6.03. The predicted octanol–water partition coefficient (Wildman–Crippen LogP) is 3.77. The smallest absolute Gasteiger partial charge is 0.0480 e. The lowest BCUT2D eigenvalue weighted by Crippen LogP contribution is -2.43. The van der Waals surface area contributed by atoms with Gasteiger partial charge in [0.25, 0.3) is 0 Å². The number of nitrogens with one attached hydrogen (secondary N) is 1. The average molecular weight is 274 g/mol. The fourth-order valence-electron chi connectivity index (χ4n) is 3.45. The number of rotatable bonds is 6. The van der Waals surface area contributed by atoms with Crippen molar-refractivity contribution >= 4 is 0 Å². The van der Waals surface area contributed by atoms with E-state index in [1.807, 2.05) is 0 Å². The molecule has 2 atom stereocenters. The number of unbranched alkanes of at least 4 members (excludes halogenated alkanes) is 1. The number of hydrogen-bond acceptors (Lipinski definition) is 2. The maximum absolute atomic E-state index is 3.75. The van der Waals surface area contributed by atoms with Gasteiger partial charge in [-0.05, 0) is 56.9 Å². The molecule has 20 heavy (non-hydrogen) atoms. The Kier molecular flexibility index (Phi) is 6.06. The van der Waals surface area contributed by atoms with Gasteiger partial charge in [-0.1, -0.05) is 44.5 Å². The zero-order chi connectivity index (χ0) is 14.4. The van der Waals surface area contributed by atoms with Crippen LogP contribution in [0, 0.1) is 0 Å². The van der Waals surface area contributed by atoms with Crippen molar-refractivity contribution in [2.45, 2.75) is 58.0 Å². The zero-order valence-electron chi connectivity index (χ0n) is 13.4. The van der Waals surface area contributed by atoms with Crippen molar-refractivity contribution in [2.75, 3.05) is 20.1 Å². The summed E-state index contributed by atoms with van der Waals surface area (Å²) in [4.78, 5) is 2.58. The van der Waals surface area contributed by atoms with E-state index in [2.05, 4.69) is 55.4 Å². The number of fused-ring (bicyclic) bond motifs is 1. The topological polar surface area (TPSA) is 15.3 Å². The van der Waals surface area contributed by atoms with Crippen molar-refractivity contribution in [2.24, 2.45) is 0 Å². The van der Waals surface area contributed by atoms with Gasteiger partial charge in [0, 0.05) is 12.1 Å². The van der Waals surface area contributed by atoms with E-state index < -0.39 is 0 Å². The first-order chi connectivity index (χ1) is 9.77. The number of hydrogen-bond donors (Lipinski definition) is 1. The van der Waals surface area contributed by atoms with Crippen molar-refractivity contribution in [3.8, 4) is 0 Å². The summed E-state index contributed by atoms with van der Waals surface area (Å²) in [6.45, 7) is 6.75. The first-order valence-corrected chi connectivity index (χ1v) is 8.29. The van der Waals surface area contributed by atoms with Crippen molar-refractivity contribution < 1.29 is 0 Å². The minimum Gasteiger partial charge on any atom is -0.309 e. The third kappa shape index (κ3) is 3.62. The lowest BCUT2D eigenvalue weighted by molar-refractivity contribution is 0.181. The van der Waals surface area contributed by atoms with Gasteiger partial charge < -0.3 is 10.2 Å². The Bertz CT molecular complexity index is 402. The molecule has 112 valence electrons. The molecule has 0 saturated heterocycles. The summed E-state index contributed by atoms with van der Waals surface area (Å²) in [5.41, 5.74) is 3.07. The number of aryl methyl sites for hydroxylation is 1. The van der Waals surface area contributed by atoms with Gasteiger partial charge in [0.05, 0.1) is 0 Å². The second-order valence-corrected chi connectivity index (χ2v) is 6.03. The minimum absolute atomic E-state index is 0.487. The van der Waals surface area contributed by atoms with E-state index in [1.165, 1.54) is 44.2 Å². The Morgan fingerprint density at radius 3 is 2.80 bits per heavy atom. The molecule has 0 heterocycles. The summed E-state index contributed by atoms with van der Waals surface area (Å²) in [6.07, 6.45) is 6.41. The molecule has 0 amide bonds. The Hall–Kier alpha value is -0.860. The van der Waals surface area contributed by atoms with Gasteiger partial charge >= 0.3 is 0 Å². The fraction of sp³-hybridized carbons (Fsp3) is 0.667. The van der Waals surface area contributed by atoms with Gasteiger partial charge in [-0.3, -0.25) is 0 Å². The monoisotopic (exact) mass is 274 g/mol. The van der Waals surface area contributed by atoms with Crippen molar-refractivity contribution in [3.63, 3.8) is 0 Å². The number of likely N-dealkylation sites (N-methyl/N-ethyl adjacent to an activating group) is 2. The van der Waals surface area contributed by atoms with Gasteiger partial charge in [-0.2, -0.15) is 0 Å². The van der Waals surface area contributed by atoms with E-state index in [9.17, 15) is 0 Å². The van der Waals surface area contributed by atoms with Crippen molar-refractivity contribution in [1.29, 1.82) is 0 Å². The van der Waals surface area contributed by atoms with Gasteiger partial charge in [-0.15, -0.1) is 0 Å². The molecule has 2 rings (SSSR count). The van der Waals surface area contributed by atoms with E-state index in [1.54, 1.807) is 5.56 Å². The van der Waals surface area contributed by atoms with Crippen molar-refractivity contribution in [3.05, 3.63) is 35.4 Å². The quantitative estimate of drug-likeness (QED) is 0.794. The molecule has 0 saturated carbocycles. The number of benzene rings is 1. The van der Waals surface area contributed by atoms with Crippen LogP contribution in [0.3, 0.4) is 0 Å². The van der Waals surface area contributed by atoms with Gasteiger partial charge in [0.15, 0.2) is 0 Å². The summed E-state index contributed by atoms with van der Waals surface area (Å²) in [7, 11) is 2.30. The lowest BCUT2D eigenvalue weighted by atomic mass is 9.95. The molecular weight excluding hydrogens is 244 g/mol. The Morgan fingerprint density at radius 1 is 1.25 bits per heavy atom. The third-order valence-electron chi connectivity index (χ3n) is 4.58. The van der Waals surface area contributed by atoms with E-state index in [0.717, 1.165) is 6.54 Å². The molecule has 0 spiro atoms. The van der Waals surface area contributed by atoms with Crippen LogP contribution >= 0.6 is 0 Å². The molecule has 0 bridgehead atoms. The molecule has 2 heteroatoms. The SMILES string of the molecule is CCCCN(C)C1CCCc2ccccc2C1NCC. The molecule has 1 N–H and O–H groups in total. The van der Waals surface area contributed by atoms with Crippen LogP contribution in [0.25, 0.3) is 0 Å². The molecule has 0 aromatic heterocycles. The van der Waals surface area contributed by atoms with E-state index in [0.29, 0.717) is 12.1 Å². The molecular formula is C18H30N2. The maximum atomic E-state index is 3.75. The van der Waals surface area contributed by atoms with Crippen LogP contribution in [-0.4, -0.2) is 31.1 Å². The zero-order valence-corrected chi connectivity index (χ0v) is 13.4. The van der Waals surface area contributed by atoms with Gasteiger partial charge in [0.2, 0.25) is 0 Å². The fourth-order valence-corrected chi connectivity index (χ4v) is 3.45. The van der Waals surface area contributed by atoms with Gasteiger partial charge in [0.1, 0.15) is 0 Å². The van der Waals surface area contributed by atoms with Crippen molar-refractivity contribution in [1.82, 2.24) is 10.2 Å². The highest BCUT2D eigenvalue weighted by Crippen LogP contribution is 2.31. The molecule has 0 aliphatic heterocycles. The molecule has 2 nitrogen and oxygen atoms in total. The summed E-state index contributed by atoms with van der Waals surface area (Å²) >= 11 is 0. The first-order valence-electron chi connectivity index (χ1n) is 8.29. The van der Waals surface area contributed by atoms with E-state index in [4.69, 9.17) is 0 Å². The Balaban J connectivity index is 2.22. The van der Waals surface area contributed by atoms with E-state index in [-0.39, 0.29) is 0 Å². The molecule has 1 aliphatic rings. The van der Waals surface area contributed by atoms with Gasteiger partial charge in [-0.25, -0.2) is 0 Å². The van der Waals surface area contributed by atoms with Crippen LogP contribution < -0.4 is 5.32 Å². The van der Waals surface area contributed by atoms with Crippen LogP contribution in [0.4, 0.5) is 0 Å². The first kappa shape index (κ1) is 15.5. The van der Waals surface area contributed by atoms with Crippen LogP contribution in [0.15, 0.2) is 24.3 Å². The maximum Gasteiger partial charge on any atom is 0.0480 e. The lowest BCUT2D eigenvalue weighted by Gasteiger charge is -2.35. The van der Waals surface area contributed by atoms with Crippen LogP contribution in [0.2, 0.25) is 0 Å². The highest BCUT2D eigenvalue weighted by Gasteiger charge is 2.29. The second kappa shape index (κ2) is 7.80. The summed E-state index contributed by atoms with van der Waals surface area (Å²) < 4.78 is 0. The van der Waals surface area contributed by atoms with Crippen LogP contribution in [-0.2, 0) is 6.42 Å². The molecule has 1 aliphatic carbocycles. The highest BCUT2D eigenvalue weighted by atomic mass is 15.2. The van der Waals surface area contributed by atoms with Crippen LogP contribution in [0.5, 0.6) is 0 Å². The normalized spacial score (nSPS) is 22.6. The molecule has 1 aromatic carbocycles. The summed E-state index contributed by atoms with van der Waals surface area (Å²) in [6, 6.07) is 10.1. The predicted molar refractivity (Wildman–Crippen MR) is 87.1 cm³/mol. The summed E-state index contributed by atoms with van der Waals surface area (Å²) in [5, 5.41) is 3.75. The van der Waals surface area contributed by atoms with Crippen LogP contribution in [0.1, 0.15) is 56.7 Å². The largest absolute Gasteiger partial charge is 0.309 e. The Labute approximate surface area is 124 Å². The van der Waals surface area contributed by atoms with E-state index >= 15 is 0 Å². The Morgan fingerprint density at radius 2 is 2.05 bits per heavy atom. The third-order valence-corrected chi connectivity index (χ3v) is 4.58. The average Bonchev–Trinajstić information content (AvgIpc) is 2.65. The summed E-state index contributed by atoms with van der Waals surface area (Å²) in [5.74, 6) is 0. The molecule has 0 radical (unpaired) electrons. The molecule has 0 fully saturated rings. The highest BCUT2D eigenvalue weighted by molar-refractivity contribution is 5.32. The molecule has 1 aromatic rings. The minimum atomic E-state index is 0.487. The number of nitrogens with zero attached hydrogens (tertiary/aromatic N) is 1.